The minimum Gasteiger partial charge on any atom is -0.490 e. The molecule has 1 fully saturated rings. The van der Waals surface area contributed by atoms with Crippen molar-refractivity contribution in [2.75, 3.05) is 13.1 Å². The third-order valence-electron chi connectivity index (χ3n) is 4.25. The Balaban J connectivity index is 1.92. The maximum Gasteiger partial charge on any atom is 0.405 e. The molecule has 2 rings (SSSR count). The lowest BCUT2D eigenvalue weighted by molar-refractivity contribution is -0.137. The lowest BCUT2D eigenvalue weighted by Gasteiger charge is -2.37. The maximum absolute atomic E-state index is 12.9. The third kappa shape index (κ3) is 5.34. The smallest absolute Gasteiger partial charge is 0.405 e. The normalized spacial score (nSPS) is 17.0. The summed E-state index contributed by atoms with van der Waals surface area (Å²) in [7, 11) is 0. The first-order valence-corrected chi connectivity index (χ1v) is 8.37. The van der Waals surface area contributed by atoms with Gasteiger partial charge in [0.15, 0.2) is 0 Å². The molecule has 2 N–H and O–H groups in total. The Morgan fingerprint density at radius 3 is 2.28 bits per heavy atom. The van der Waals surface area contributed by atoms with Crippen LogP contribution in [0.15, 0.2) is 24.3 Å². The van der Waals surface area contributed by atoms with Crippen LogP contribution in [0.1, 0.15) is 33.6 Å². The second kappa shape index (κ2) is 7.72. The minimum atomic E-state index is -1.21. The number of likely N-dealkylation sites (tertiary alicyclic amines) is 1. The Morgan fingerprint density at radius 1 is 1.24 bits per heavy atom. The van der Waals surface area contributed by atoms with Crippen LogP contribution in [-0.2, 0) is 4.79 Å². The molecule has 1 aliphatic rings. The van der Waals surface area contributed by atoms with Crippen LogP contribution in [-0.4, -0.2) is 47.2 Å². The van der Waals surface area contributed by atoms with E-state index >= 15 is 0 Å². The number of carbonyl (C=O) groups is 2. The Bertz CT molecular complexity index is 604. The highest BCUT2D eigenvalue weighted by molar-refractivity contribution is 5.86. The molecule has 1 aromatic carbocycles. The number of piperidine rings is 1. The van der Waals surface area contributed by atoms with Crippen molar-refractivity contribution in [1.29, 1.82) is 0 Å². The molecule has 1 saturated heterocycles. The van der Waals surface area contributed by atoms with E-state index in [-0.39, 0.29) is 17.8 Å². The molecular formula is C18H25FN2O4. The van der Waals surface area contributed by atoms with Gasteiger partial charge in [0.05, 0.1) is 0 Å². The van der Waals surface area contributed by atoms with Crippen molar-refractivity contribution >= 4 is 12.0 Å². The molecule has 0 saturated carbocycles. The molecule has 138 valence electrons. The van der Waals surface area contributed by atoms with Crippen LogP contribution in [0, 0.1) is 11.2 Å². The molecule has 1 atom stereocenters. The second-order valence-corrected chi connectivity index (χ2v) is 7.34. The molecule has 6 nitrogen and oxygen atoms in total. The molecule has 0 bridgehead atoms. The molecule has 1 heterocycles. The van der Waals surface area contributed by atoms with E-state index in [1.165, 1.54) is 12.1 Å². The number of halogens is 1. The van der Waals surface area contributed by atoms with E-state index in [1.54, 1.807) is 17.0 Å². The molecular weight excluding hydrogens is 327 g/mol. The van der Waals surface area contributed by atoms with Crippen molar-refractivity contribution in [3.05, 3.63) is 30.1 Å². The molecule has 2 amide bonds. The third-order valence-corrected chi connectivity index (χ3v) is 4.25. The molecule has 25 heavy (non-hydrogen) atoms. The first kappa shape index (κ1) is 19.0. The number of carboxylic acid groups (broad SMARTS) is 1. The van der Waals surface area contributed by atoms with Gasteiger partial charge in [0, 0.05) is 25.9 Å². The van der Waals surface area contributed by atoms with Gasteiger partial charge in [0.25, 0.3) is 0 Å². The molecule has 0 unspecified atom stereocenters. The number of hydrogen-bond donors (Lipinski definition) is 2. The quantitative estimate of drug-likeness (QED) is 0.873. The minimum absolute atomic E-state index is 0.0463. The van der Waals surface area contributed by atoms with Gasteiger partial charge in [-0.1, -0.05) is 20.8 Å². The van der Waals surface area contributed by atoms with Crippen LogP contribution in [0.25, 0.3) is 0 Å². The van der Waals surface area contributed by atoms with Gasteiger partial charge in [-0.15, -0.1) is 0 Å². The Hall–Kier alpha value is -2.31. The van der Waals surface area contributed by atoms with Gasteiger partial charge in [0.2, 0.25) is 5.91 Å². The predicted molar refractivity (Wildman–Crippen MR) is 91.0 cm³/mol. The highest BCUT2D eigenvalue weighted by atomic mass is 19.1. The van der Waals surface area contributed by atoms with Crippen molar-refractivity contribution in [2.45, 2.75) is 45.8 Å². The van der Waals surface area contributed by atoms with Gasteiger partial charge < -0.3 is 20.1 Å². The molecule has 1 aliphatic heterocycles. The average molecular weight is 352 g/mol. The SMILES string of the molecule is CC(C)(C)[C@H](NC(=O)O)C(=O)N1CCC(Oc2ccc(F)cc2)CC1. The fourth-order valence-corrected chi connectivity index (χ4v) is 2.85. The summed E-state index contributed by atoms with van der Waals surface area (Å²) < 4.78 is 18.7. The molecule has 1 aromatic rings. The zero-order valence-electron chi connectivity index (χ0n) is 14.8. The number of rotatable bonds is 4. The van der Waals surface area contributed by atoms with Crippen LogP contribution >= 0.6 is 0 Å². The number of ether oxygens (including phenoxy) is 1. The summed E-state index contributed by atoms with van der Waals surface area (Å²) in [5, 5.41) is 11.3. The van der Waals surface area contributed by atoms with E-state index in [9.17, 15) is 14.0 Å². The molecule has 0 aliphatic carbocycles. The van der Waals surface area contributed by atoms with E-state index in [4.69, 9.17) is 9.84 Å². The van der Waals surface area contributed by atoms with E-state index in [1.807, 2.05) is 20.8 Å². The first-order chi connectivity index (χ1) is 11.7. The molecule has 0 spiro atoms. The Morgan fingerprint density at radius 2 is 1.80 bits per heavy atom. The molecule has 0 aromatic heterocycles. The summed E-state index contributed by atoms with van der Waals surface area (Å²) in [6.07, 6.45) is 0.0398. The molecule has 7 heteroatoms. The zero-order valence-corrected chi connectivity index (χ0v) is 14.8. The molecule has 0 radical (unpaired) electrons. The Kier molecular flexibility index (Phi) is 5.87. The largest absolute Gasteiger partial charge is 0.490 e. The summed E-state index contributed by atoms with van der Waals surface area (Å²) in [5.41, 5.74) is -0.517. The number of nitrogens with one attached hydrogen (secondary N) is 1. The summed E-state index contributed by atoms with van der Waals surface area (Å²) in [6, 6.07) is 5.07. The number of nitrogens with zero attached hydrogens (tertiary/aromatic N) is 1. The summed E-state index contributed by atoms with van der Waals surface area (Å²) in [5.74, 6) is 0.0772. The average Bonchev–Trinajstić information content (AvgIpc) is 2.54. The van der Waals surface area contributed by atoms with Gasteiger partial charge >= 0.3 is 6.09 Å². The van der Waals surface area contributed by atoms with Crippen molar-refractivity contribution in [1.82, 2.24) is 10.2 Å². The van der Waals surface area contributed by atoms with Gasteiger partial charge in [-0.2, -0.15) is 0 Å². The van der Waals surface area contributed by atoms with Crippen LogP contribution in [0.2, 0.25) is 0 Å². The number of amides is 2. The van der Waals surface area contributed by atoms with Crippen molar-refractivity contribution in [2.24, 2.45) is 5.41 Å². The standard InChI is InChI=1S/C18H25FN2O4/c1-18(2,3)15(20-17(23)24)16(22)21-10-8-14(9-11-21)25-13-6-4-12(19)5-7-13/h4-7,14-15,20H,8-11H2,1-3H3,(H,23,24)/t15-/m1/s1. The van der Waals surface area contributed by atoms with Gasteiger partial charge in [-0.3, -0.25) is 4.79 Å². The van der Waals surface area contributed by atoms with E-state index in [2.05, 4.69) is 5.32 Å². The zero-order chi connectivity index (χ0) is 18.6. The maximum atomic E-state index is 12.9. The number of carbonyl (C=O) groups excluding carboxylic acids is 1. The topological polar surface area (TPSA) is 78.9 Å². The fraction of sp³-hybridized carbons (Fsp3) is 0.556. The number of benzene rings is 1. The van der Waals surface area contributed by atoms with Crippen LogP contribution in [0.5, 0.6) is 5.75 Å². The van der Waals surface area contributed by atoms with E-state index in [0.29, 0.717) is 31.7 Å². The van der Waals surface area contributed by atoms with Crippen LogP contribution < -0.4 is 10.1 Å². The van der Waals surface area contributed by atoms with Gasteiger partial charge in [-0.25, -0.2) is 9.18 Å². The Labute approximate surface area is 147 Å². The van der Waals surface area contributed by atoms with Crippen LogP contribution in [0.3, 0.4) is 0 Å². The van der Waals surface area contributed by atoms with E-state index in [0.717, 1.165) is 0 Å². The van der Waals surface area contributed by atoms with Gasteiger partial charge in [0.1, 0.15) is 23.7 Å². The lowest BCUT2D eigenvalue weighted by atomic mass is 9.85. The highest BCUT2D eigenvalue weighted by Gasteiger charge is 2.37. The van der Waals surface area contributed by atoms with Crippen LogP contribution in [0.4, 0.5) is 9.18 Å². The lowest BCUT2D eigenvalue weighted by Crippen LogP contribution is -2.56. The first-order valence-electron chi connectivity index (χ1n) is 8.37. The highest BCUT2D eigenvalue weighted by Crippen LogP contribution is 2.24. The van der Waals surface area contributed by atoms with Crippen molar-refractivity contribution in [3.63, 3.8) is 0 Å². The summed E-state index contributed by atoms with van der Waals surface area (Å²) in [4.78, 5) is 25.4. The van der Waals surface area contributed by atoms with Gasteiger partial charge in [-0.05, 0) is 29.7 Å². The summed E-state index contributed by atoms with van der Waals surface area (Å²) in [6.45, 7) is 6.48. The van der Waals surface area contributed by atoms with E-state index < -0.39 is 17.6 Å². The monoisotopic (exact) mass is 352 g/mol. The fourth-order valence-electron chi connectivity index (χ4n) is 2.85. The number of hydrogen-bond acceptors (Lipinski definition) is 3. The summed E-state index contributed by atoms with van der Waals surface area (Å²) >= 11 is 0. The second-order valence-electron chi connectivity index (χ2n) is 7.34. The van der Waals surface area contributed by atoms with Crippen molar-refractivity contribution in [3.8, 4) is 5.75 Å². The van der Waals surface area contributed by atoms with Crippen molar-refractivity contribution < 1.29 is 23.8 Å². The predicted octanol–water partition coefficient (Wildman–Crippen LogP) is 2.88.